The maximum Gasteiger partial charge on any atom is 0.239 e. The van der Waals surface area contributed by atoms with Gasteiger partial charge in [0, 0.05) is 32.0 Å². The van der Waals surface area contributed by atoms with Crippen molar-refractivity contribution in [3.63, 3.8) is 0 Å². The maximum atomic E-state index is 12.0. The van der Waals surface area contributed by atoms with Crippen molar-refractivity contribution in [3.05, 3.63) is 18.5 Å². The normalized spacial score (nSPS) is 17.4. The highest BCUT2D eigenvalue weighted by molar-refractivity contribution is 5.81. The van der Waals surface area contributed by atoms with E-state index in [1.807, 2.05) is 28.8 Å². The lowest BCUT2D eigenvalue weighted by Crippen LogP contribution is -2.44. The van der Waals surface area contributed by atoms with Gasteiger partial charge in [-0.05, 0) is 25.8 Å². The quantitative estimate of drug-likeness (QED) is 0.809. The minimum Gasteiger partial charge on any atom is -0.341 e. The molecule has 5 heteroatoms. The Labute approximate surface area is 102 Å². The molecule has 0 spiro atoms. The van der Waals surface area contributed by atoms with Crippen molar-refractivity contribution >= 4 is 5.91 Å². The molecule has 2 heterocycles. The lowest BCUT2D eigenvalue weighted by atomic mass is 10.3. The van der Waals surface area contributed by atoms with Gasteiger partial charge in [-0.25, -0.2) is 0 Å². The minimum atomic E-state index is -0.0938. The van der Waals surface area contributed by atoms with Gasteiger partial charge in [-0.15, -0.1) is 0 Å². The standard InChI is InChI=1S/C12H20N4O/c1-11(12(17)15-7-2-3-8-15)13-6-10-16-9-4-5-14-16/h4-5,9,11,13H,2-3,6-8,10H2,1H3. The largest absolute Gasteiger partial charge is 0.341 e. The number of hydrogen-bond acceptors (Lipinski definition) is 3. The van der Waals surface area contributed by atoms with Crippen LogP contribution in [-0.4, -0.2) is 46.3 Å². The summed E-state index contributed by atoms with van der Waals surface area (Å²) in [6.07, 6.45) is 5.98. The van der Waals surface area contributed by atoms with Gasteiger partial charge in [0.1, 0.15) is 0 Å². The van der Waals surface area contributed by atoms with Crippen LogP contribution in [0.25, 0.3) is 0 Å². The van der Waals surface area contributed by atoms with Gasteiger partial charge in [0.05, 0.1) is 12.6 Å². The lowest BCUT2D eigenvalue weighted by molar-refractivity contribution is -0.131. The zero-order valence-corrected chi connectivity index (χ0v) is 10.3. The molecule has 94 valence electrons. The summed E-state index contributed by atoms with van der Waals surface area (Å²) in [6.45, 7) is 5.34. The molecule has 0 radical (unpaired) electrons. The third-order valence-corrected chi connectivity index (χ3v) is 3.14. The van der Waals surface area contributed by atoms with Crippen LogP contribution in [0.1, 0.15) is 19.8 Å². The molecule has 1 amide bonds. The fourth-order valence-electron chi connectivity index (χ4n) is 2.13. The van der Waals surface area contributed by atoms with E-state index in [1.54, 1.807) is 6.20 Å². The van der Waals surface area contributed by atoms with Gasteiger partial charge in [-0.2, -0.15) is 5.10 Å². The highest BCUT2D eigenvalue weighted by Crippen LogP contribution is 2.08. The Bertz CT molecular complexity index is 343. The van der Waals surface area contributed by atoms with Gasteiger partial charge in [0.15, 0.2) is 0 Å². The zero-order valence-electron chi connectivity index (χ0n) is 10.3. The van der Waals surface area contributed by atoms with Gasteiger partial charge in [0.2, 0.25) is 5.91 Å². The third-order valence-electron chi connectivity index (χ3n) is 3.14. The molecule has 0 aromatic carbocycles. The number of carbonyl (C=O) groups is 1. The lowest BCUT2D eigenvalue weighted by Gasteiger charge is -2.21. The van der Waals surface area contributed by atoms with Gasteiger partial charge in [-0.1, -0.05) is 0 Å². The highest BCUT2D eigenvalue weighted by Gasteiger charge is 2.22. The molecule has 5 nitrogen and oxygen atoms in total. The fraction of sp³-hybridized carbons (Fsp3) is 0.667. The van der Waals surface area contributed by atoms with E-state index in [4.69, 9.17) is 0 Å². The first-order valence-corrected chi connectivity index (χ1v) is 6.27. The second kappa shape index (κ2) is 5.82. The van der Waals surface area contributed by atoms with E-state index in [1.165, 1.54) is 0 Å². The Morgan fingerprint density at radius 3 is 2.88 bits per heavy atom. The Morgan fingerprint density at radius 2 is 2.24 bits per heavy atom. The van der Waals surface area contributed by atoms with Crippen LogP contribution < -0.4 is 5.32 Å². The first-order valence-electron chi connectivity index (χ1n) is 6.27. The Kier molecular flexibility index (Phi) is 4.14. The second-order valence-corrected chi connectivity index (χ2v) is 4.48. The summed E-state index contributed by atoms with van der Waals surface area (Å²) in [6, 6.07) is 1.81. The topological polar surface area (TPSA) is 50.2 Å². The van der Waals surface area contributed by atoms with Crippen LogP contribution in [0.2, 0.25) is 0 Å². The molecule has 17 heavy (non-hydrogen) atoms. The second-order valence-electron chi connectivity index (χ2n) is 4.48. The number of aromatic nitrogens is 2. The van der Waals surface area contributed by atoms with E-state index in [-0.39, 0.29) is 11.9 Å². The summed E-state index contributed by atoms with van der Waals surface area (Å²) in [5.41, 5.74) is 0. The number of nitrogens with one attached hydrogen (secondary N) is 1. The van der Waals surface area contributed by atoms with E-state index >= 15 is 0 Å². The number of amides is 1. The summed E-state index contributed by atoms with van der Waals surface area (Å²) in [4.78, 5) is 13.9. The van der Waals surface area contributed by atoms with E-state index in [2.05, 4.69) is 10.4 Å². The van der Waals surface area contributed by atoms with Crippen molar-refractivity contribution in [2.24, 2.45) is 0 Å². The first-order chi connectivity index (χ1) is 8.27. The molecule has 2 rings (SSSR count). The molecular formula is C12H20N4O. The van der Waals surface area contributed by atoms with Gasteiger partial charge < -0.3 is 10.2 Å². The first kappa shape index (κ1) is 12.1. The van der Waals surface area contributed by atoms with Crippen LogP contribution in [0.15, 0.2) is 18.5 Å². The smallest absolute Gasteiger partial charge is 0.239 e. The van der Waals surface area contributed by atoms with Crippen LogP contribution in [0, 0.1) is 0 Å². The minimum absolute atomic E-state index is 0.0938. The molecule has 1 atom stereocenters. The van der Waals surface area contributed by atoms with Crippen LogP contribution in [-0.2, 0) is 11.3 Å². The summed E-state index contributed by atoms with van der Waals surface area (Å²) in [5, 5.41) is 7.36. The van der Waals surface area contributed by atoms with Crippen molar-refractivity contribution in [2.45, 2.75) is 32.4 Å². The predicted octanol–water partition coefficient (Wildman–Crippen LogP) is 0.484. The number of hydrogen-bond donors (Lipinski definition) is 1. The molecule has 1 aromatic heterocycles. The average Bonchev–Trinajstić information content (AvgIpc) is 3.00. The highest BCUT2D eigenvalue weighted by atomic mass is 16.2. The monoisotopic (exact) mass is 236 g/mol. The number of rotatable bonds is 5. The van der Waals surface area contributed by atoms with Crippen molar-refractivity contribution < 1.29 is 4.79 Å². The van der Waals surface area contributed by atoms with Crippen molar-refractivity contribution in [3.8, 4) is 0 Å². The van der Waals surface area contributed by atoms with E-state index in [9.17, 15) is 4.79 Å². The summed E-state index contributed by atoms with van der Waals surface area (Å²) in [5.74, 6) is 0.225. The Morgan fingerprint density at radius 1 is 1.47 bits per heavy atom. The predicted molar refractivity (Wildman–Crippen MR) is 65.5 cm³/mol. The van der Waals surface area contributed by atoms with E-state index in [0.717, 1.165) is 39.0 Å². The summed E-state index contributed by atoms with van der Waals surface area (Å²) >= 11 is 0. The average molecular weight is 236 g/mol. The molecule has 1 aromatic rings. The summed E-state index contributed by atoms with van der Waals surface area (Å²) < 4.78 is 1.86. The third kappa shape index (κ3) is 3.30. The van der Waals surface area contributed by atoms with Gasteiger partial charge in [-0.3, -0.25) is 9.48 Å². The molecule has 0 saturated carbocycles. The van der Waals surface area contributed by atoms with Gasteiger partial charge in [0.25, 0.3) is 0 Å². The number of carbonyl (C=O) groups excluding carboxylic acids is 1. The molecule has 0 aliphatic carbocycles. The van der Waals surface area contributed by atoms with Crippen molar-refractivity contribution in [2.75, 3.05) is 19.6 Å². The molecule has 1 saturated heterocycles. The Hall–Kier alpha value is -1.36. The zero-order chi connectivity index (χ0) is 12.1. The molecule has 1 aliphatic rings. The molecule has 1 N–H and O–H groups in total. The Balaban J connectivity index is 1.69. The number of likely N-dealkylation sites (tertiary alicyclic amines) is 1. The molecule has 0 bridgehead atoms. The van der Waals surface area contributed by atoms with Crippen LogP contribution in [0.3, 0.4) is 0 Å². The summed E-state index contributed by atoms with van der Waals surface area (Å²) in [7, 11) is 0. The van der Waals surface area contributed by atoms with Crippen molar-refractivity contribution in [1.82, 2.24) is 20.0 Å². The van der Waals surface area contributed by atoms with E-state index in [0.29, 0.717) is 0 Å². The van der Waals surface area contributed by atoms with Crippen LogP contribution in [0.5, 0.6) is 0 Å². The van der Waals surface area contributed by atoms with Gasteiger partial charge >= 0.3 is 0 Å². The molecular weight excluding hydrogens is 216 g/mol. The van der Waals surface area contributed by atoms with Crippen LogP contribution >= 0.6 is 0 Å². The van der Waals surface area contributed by atoms with E-state index < -0.39 is 0 Å². The van der Waals surface area contributed by atoms with Crippen molar-refractivity contribution in [1.29, 1.82) is 0 Å². The molecule has 1 unspecified atom stereocenters. The number of nitrogens with zero attached hydrogens (tertiary/aromatic N) is 3. The SMILES string of the molecule is CC(NCCn1cccn1)C(=O)N1CCCC1. The van der Waals surface area contributed by atoms with Crippen LogP contribution in [0.4, 0.5) is 0 Å². The fourth-order valence-corrected chi connectivity index (χ4v) is 2.13. The molecule has 1 fully saturated rings. The maximum absolute atomic E-state index is 12.0. The molecule has 1 aliphatic heterocycles.